The molecule has 0 spiro atoms. The summed E-state index contributed by atoms with van der Waals surface area (Å²) in [5, 5.41) is 5.13. The van der Waals surface area contributed by atoms with Crippen LogP contribution in [0.4, 0.5) is 18.9 Å². The molecular formula is C26H34F3N5O3+2. The third kappa shape index (κ3) is 8.02. The maximum atomic E-state index is 13.1. The SMILES string of the molecule is [NH3+]C[C@@H]1CCCN1C(=O)C[C@H]([NH3+])C(=O)N[C@@H](CCc1ccccc1)C(=O)Nc1cccc(C(F)(F)F)c1. The number of carbonyl (C=O) groups is 3. The van der Waals surface area contributed by atoms with E-state index in [4.69, 9.17) is 0 Å². The first-order chi connectivity index (χ1) is 17.6. The minimum atomic E-state index is -4.56. The lowest BCUT2D eigenvalue weighted by molar-refractivity contribution is -0.403. The molecule has 3 amide bonds. The average Bonchev–Trinajstić information content (AvgIpc) is 3.36. The number of likely N-dealkylation sites (tertiary alicyclic amines) is 1. The van der Waals surface area contributed by atoms with Gasteiger partial charge < -0.3 is 27.0 Å². The number of quaternary nitrogens is 2. The second-order valence-electron chi connectivity index (χ2n) is 9.23. The molecule has 200 valence electrons. The third-order valence-electron chi connectivity index (χ3n) is 6.48. The van der Waals surface area contributed by atoms with Crippen molar-refractivity contribution in [1.29, 1.82) is 0 Å². The quantitative estimate of drug-likeness (QED) is 0.372. The Labute approximate surface area is 213 Å². The highest BCUT2D eigenvalue weighted by molar-refractivity contribution is 5.98. The van der Waals surface area contributed by atoms with E-state index in [0.29, 0.717) is 19.5 Å². The molecule has 3 atom stereocenters. The third-order valence-corrected chi connectivity index (χ3v) is 6.48. The number of hydrogen-bond acceptors (Lipinski definition) is 3. The number of anilines is 1. The van der Waals surface area contributed by atoms with Crippen molar-refractivity contribution in [2.45, 2.75) is 56.4 Å². The fourth-order valence-corrected chi connectivity index (χ4v) is 4.40. The molecule has 2 aromatic carbocycles. The summed E-state index contributed by atoms with van der Waals surface area (Å²) in [4.78, 5) is 40.4. The Kier molecular flexibility index (Phi) is 9.65. The lowest BCUT2D eigenvalue weighted by Gasteiger charge is -2.24. The molecule has 37 heavy (non-hydrogen) atoms. The van der Waals surface area contributed by atoms with E-state index in [1.807, 2.05) is 30.3 Å². The molecule has 0 aromatic heterocycles. The van der Waals surface area contributed by atoms with Crippen LogP contribution in [0.5, 0.6) is 0 Å². The van der Waals surface area contributed by atoms with Gasteiger partial charge in [0.1, 0.15) is 6.04 Å². The van der Waals surface area contributed by atoms with Crippen LogP contribution in [0.25, 0.3) is 0 Å². The average molecular weight is 522 g/mol. The molecule has 8 N–H and O–H groups in total. The van der Waals surface area contributed by atoms with Crippen LogP contribution < -0.4 is 22.1 Å². The Morgan fingerprint density at radius 3 is 2.46 bits per heavy atom. The van der Waals surface area contributed by atoms with Crippen molar-refractivity contribution in [2.75, 3.05) is 18.4 Å². The van der Waals surface area contributed by atoms with E-state index in [0.717, 1.165) is 30.5 Å². The highest BCUT2D eigenvalue weighted by Gasteiger charge is 2.34. The summed E-state index contributed by atoms with van der Waals surface area (Å²) in [6.45, 7) is 1.21. The number of nitrogens with zero attached hydrogens (tertiary/aromatic N) is 1. The van der Waals surface area contributed by atoms with Gasteiger partial charge in [-0.05, 0) is 49.4 Å². The number of amides is 3. The predicted molar refractivity (Wildman–Crippen MR) is 131 cm³/mol. The second-order valence-corrected chi connectivity index (χ2v) is 9.23. The number of halogens is 3. The fourth-order valence-electron chi connectivity index (χ4n) is 4.40. The van der Waals surface area contributed by atoms with Crippen molar-refractivity contribution in [3.05, 3.63) is 65.7 Å². The molecule has 1 aliphatic rings. The van der Waals surface area contributed by atoms with Gasteiger partial charge in [-0.1, -0.05) is 36.4 Å². The van der Waals surface area contributed by atoms with Gasteiger partial charge in [0.15, 0.2) is 6.04 Å². The summed E-state index contributed by atoms with van der Waals surface area (Å²) in [6.07, 6.45) is -2.25. The van der Waals surface area contributed by atoms with Crippen molar-refractivity contribution in [1.82, 2.24) is 10.2 Å². The molecule has 1 fully saturated rings. The molecule has 0 bridgehead atoms. The zero-order chi connectivity index (χ0) is 27.0. The molecule has 0 saturated carbocycles. The van der Waals surface area contributed by atoms with Gasteiger partial charge in [-0.15, -0.1) is 0 Å². The van der Waals surface area contributed by atoms with Gasteiger partial charge in [0.25, 0.3) is 5.91 Å². The highest BCUT2D eigenvalue weighted by atomic mass is 19.4. The van der Waals surface area contributed by atoms with Gasteiger partial charge in [-0.25, -0.2) is 0 Å². The van der Waals surface area contributed by atoms with Gasteiger partial charge in [0, 0.05) is 12.2 Å². The van der Waals surface area contributed by atoms with E-state index in [1.165, 1.54) is 12.1 Å². The molecule has 11 heteroatoms. The van der Waals surface area contributed by atoms with Crippen LogP contribution in [-0.4, -0.2) is 53.8 Å². The number of benzene rings is 2. The predicted octanol–water partition coefficient (Wildman–Crippen LogP) is 0.995. The van der Waals surface area contributed by atoms with Crippen molar-refractivity contribution in [2.24, 2.45) is 0 Å². The molecule has 0 aliphatic carbocycles. The fraction of sp³-hybridized carbons (Fsp3) is 0.423. The lowest BCUT2D eigenvalue weighted by Crippen LogP contribution is -2.70. The normalized spacial score (nSPS) is 17.2. The van der Waals surface area contributed by atoms with Gasteiger partial charge in [0.05, 0.1) is 24.6 Å². The van der Waals surface area contributed by atoms with E-state index < -0.39 is 35.6 Å². The summed E-state index contributed by atoms with van der Waals surface area (Å²) >= 11 is 0. The van der Waals surface area contributed by atoms with Crippen LogP contribution in [0.3, 0.4) is 0 Å². The molecule has 0 unspecified atom stereocenters. The maximum Gasteiger partial charge on any atom is 0.416 e. The Bertz CT molecular complexity index is 1080. The number of carbonyl (C=O) groups excluding carboxylic acids is 3. The molecule has 1 aliphatic heterocycles. The van der Waals surface area contributed by atoms with Crippen molar-refractivity contribution in [3.63, 3.8) is 0 Å². The first kappa shape index (κ1) is 28.1. The Morgan fingerprint density at radius 2 is 1.78 bits per heavy atom. The molecule has 1 heterocycles. The molecule has 1 saturated heterocycles. The Balaban J connectivity index is 1.68. The summed E-state index contributed by atoms with van der Waals surface area (Å²) in [6, 6.07) is 11.7. The molecule has 8 nitrogen and oxygen atoms in total. The van der Waals surface area contributed by atoms with Gasteiger partial charge in [0.2, 0.25) is 11.8 Å². The first-order valence-electron chi connectivity index (χ1n) is 12.3. The van der Waals surface area contributed by atoms with Gasteiger partial charge >= 0.3 is 6.18 Å². The van der Waals surface area contributed by atoms with Crippen LogP contribution in [0, 0.1) is 0 Å². The summed E-state index contributed by atoms with van der Waals surface area (Å²) in [5.74, 6) is -1.41. The smallest absolute Gasteiger partial charge is 0.356 e. The van der Waals surface area contributed by atoms with E-state index in [2.05, 4.69) is 22.1 Å². The lowest BCUT2D eigenvalue weighted by atomic mass is 10.0. The second kappa shape index (κ2) is 12.7. The summed E-state index contributed by atoms with van der Waals surface area (Å²) in [5.41, 5.74) is 7.70. The Morgan fingerprint density at radius 1 is 1.05 bits per heavy atom. The van der Waals surface area contributed by atoms with Crippen LogP contribution in [0.1, 0.15) is 36.8 Å². The largest absolute Gasteiger partial charge is 0.416 e. The number of alkyl halides is 3. The summed E-state index contributed by atoms with van der Waals surface area (Å²) < 4.78 is 39.3. The van der Waals surface area contributed by atoms with E-state index in [9.17, 15) is 27.6 Å². The van der Waals surface area contributed by atoms with Gasteiger partial charge in [-0.3, -0.25) is 14.4 Å². The zero-order valence-electron chi connectivity index (χ0n) is 20.6. The van der Waals surface area contributed by atoms with E-state index >= 15 is 0 Å². The standard InChI is InChI=1S/C26H32F3N5O3/c27-26(28,29)18-8-4-9-19(14-18)32-25(37)22(12-11-17-6-2-1-3-7-17)33-24(36)21(31)15-23(35)34-13-5-10-20(34)16-30/h1-4,6-9,14,20-22H,5,10-13,15-16,30-31H2,(H,32,37)(H,33,36)/p+2/t20-,21-,22-/m0/s1. The highest BCUT2D eigenvalue weighted by Crippen LogP contribution is 2.30. The molecular weight excluding hydrogens is 487 g/mol. The van der Waals surface area contributed by atoms with Crippen LogP contribution >= 0.6 is 0 Å². The van der Waals surface area contributed by atoms with Gasteiger partial charge in [-0.2, -0.15) is 13.2 Å². The molecule has 3 rings (SSSR count). The van der Waals surface area contributed by atoms with Crippen LogP contribution in [-0.2, 0) is 27.0 Å². The van der Waals surface area contributed by atoms with E-state index in [1.54, 1.807) is 4.90 Å². The van der Waals surface area contributed by atoms with E-state index in [-0.39, 0.29) is 30.5 Å². The minimum Gasteiger partial charge on any atom is -0.356 e. The van der Waals surface area contributed by atoms with Crippen LogP contribution in [0.2, 0.25) is 0 Å². The topological polar surface area (TPSA) is 134 Å². The first-order valence-corrected chi connectivity index (χ1v) is 12.3. The molecule has 0 radical (unpaired) electrons. The number of rotatable bonds is 10. The monoisotopic (exact) mass is 521 g/mol. The number of hydrogen-bond donors (Lipinski definition) is 4. The van der Waals surface area contributed by atoms with Crippen molar-refractivity contribution in [3.8, 4) is 0 Å². The number of aryl methyl sites for hydroxylation is 1. The summed E-state index contributed by atoms with van der Waals surface area (Å²) in [7, 11) is 0. The minimum absolute atomic E-state index is 0.0339. The number of nitrogens with one attached hydrogen (secondary N) is 2. The molecule has 2 aromatic rings. The maximum absolute atomic E-state index is 13.1. The van der Waals surface area contributed by atoms with Crippen molar-refractivity contribution >= 4 is 23.4 Å². The Hall–Kier alpha value is -3.44. The van der Waals surface area contributed by atoms with Crippen molar-refractivity contribution < 1.29 is 39.0 Å². The van der Waals surface area contributed by atoms with Crippen LogP contribution in [0.15, 0.2) is 54.6 Å². The zero-order valence-corrected chi connectivity index (χ0v) is 20.6.